The van der Waals surface area contributed by atoms with E-state index in [0.717, 1.165) is 33.0 Å². The quantitative estimate of drug-likeness (QED) is 0.673. The summed E-state index contributed by atoms with van der Waals surface area (Å²) in [5.41, 5.74) is 1.25. The van der Waals surface area contributed by atoms with Crippen molar-refractivity contribution < 1.29 is 0 Å². The Kier molecular flexibility index (Phi) is 3.34. The lowest BCUT2D eigenvalue weighted by Crippen LogP contribution is -2.55. The van der Waals surface area contributed by atoms with Crippen molar-refractivity contribution in [1.82, 2.24) is 9.97 Å². The van der Waals surface area contributed by atoms with Crippen molar-refractivity contribution in [3.63, 3.8) is 0 Å². The molecule has 4 nitrogen and oxygen atoms in total. The fourth-order valence-electron chi connectivity index (χ4n) is 6.25. The number of benzene rings is 1. The highest BCUT2D eigenvalue weighted by molar-refractivity contribution is 7.21. The summed E-state index contributed by atoms with van der Waals surface area (Å²) in [5, 5.41) is 4.40. The van der Waals surface area contributed by atoms with Crippen LogP contribution in [-0.4, -0.2) is 15.5 Å². The summed E-state index contributed by atoms with van der Waals surface area (Å²) in [4.78, 5) is 22.4. The SMILES string of the molecule is O=c1[nH]c(NC23CC4CC(CC(C4)C2)C3)nc2sc(-c3ccccc3)cc12. The molecule has 138 valence electrons. The van der Waals surface area contributed by atoms with E-state index in [9.17, 15) is 4.79 Å². The van der Waals surface area contributed by atoms with Gasteiger partial charge in [-0.25, -0.2) is 4.98 Å². The first-order valence-corrected chi connectivity index (χ1v) is 10.8. The number of hydrogen-bond donors (Lipinski definition) is 2. The van der Waals surface area contributed by atoms with E-state index in [1.807, 2.05) is 24.3 Å². The zero-order valence-electron chi connectivity index (χ0n) is 15.2. The number of fused-ring (bicyclic) bond motifs is 1. The molecule has 0 unspecified atom stereocenters. The van der Waals surface area contributed by atoms with Gasteiger partial charge in [0.25, 0.3) is 5.56 Å². The number of hydrogen-bond acceptors (Lipinski definition) is 4. The fourth-order valence-corrected chi connectivity index (χ4v) is 7.29. The fraction of sp³-hybridized carbons (Fsp3) is 0.455. The molecule has 3 aromatic rings. The number of H-pyrrole nitrogens is 1. The lowest BCUT2D eigenvalue weighted by atomic mass is 9.53. The van der Waals surface area contributed by atoms with E-state index in [-0.39, 0.29) is 11.1 Å². The largest absolute Gasteiger partial charge is 0.350 e. The van der Waals surface area contributed by atoms with Crippen LogP contribution in [0.15, 0.2) is 41.2 Å². The number of aromatic nitrogens is 2. The van der Waals surface area contributed by atoms with Gasteiger partial charge in [-0.05, 0) is 67.9 Å². The Morgan fingerprint density at radius 3 is 2.37 bits per heavy atom. The van der Waals surface area contributed by atoms with Crippen molar-refractivity contribution in [3.8, 4) is 10.4 Å². The van der Waals surface area contributed by atoms with E-state index in [0.29, 0.717) is 11.3 Å². The molecule has 2 aromatic heterocycles. The molecule has 4 aliphatic carbocycles. The van der Waals surface area contributed by atoms with Gasteiger partial charge in [-0.3, -0.25) is 9.78 Å². The van der Waals surface area contributed by atoms with E-state index in [2.05, 4.69) is 22.4 Å². The minimum atomic E-state index is -0.0364. The van der Waals surface area contributed by atoms with E-state index >= 15 is 0 Å². The minimum Gasteiger partial charge on any atom is -0.350 e. The lowest BCUT2D eigenvalue weighted by Gasteiger charge is -2.56. The van der Waals surface area contributed by atoms with E-state index in [4.69, 9.17) is 4.98 Å². The third kappa shape index (κ3) is 2.63. The van der Waals surface area contributed by atoms with Crippen LogP contribution in [0.2, 0.25) is 0 Å². The van der Waals surface area contributed by atoms with E-state index < -0.39 is 0 Å². The predicted molar refractivity (Wildman–Crippen MR) is 110 cm³/mol. The first-order chi connectivity index (χ1) is 13.2. The smallest absolute Gasteiger partial charge is 0.261 e. The number of nitrogens with zero attached hydrogens (tertiary/aromatic N) is 1. The molecule has 4 bridgehead atoms. The molecule has 7 rings (SSSR count). The van der Waals surface area contributed by atoms with E-state index in [1.165, 1.54) is 38.5 Å². The first-order valence-electron chi connectivity index (χ1n) is 10.0. The maximum Gasteiger partial charge on any atom is 0.261 e. The van der Waals surface area contributed by atoms with Crippen LogP contribution in [0.25, 0.3) is 20.7 Å². The van der Waals surface area contributed by atoms with Crippen LogP contribution >= 0.6 is 11.3 Å². The molecule has 0 radical (unpaired) electrons. The molecule has 1 aromatic carbocycles. The summed E-state index contributed by atoms with van der Waals surface area (Å²) < 4.78 is 0. The van der Waals surface area contributed by atoms with E-state index in [1.54, 1.807) is 11.3 Å². The van der Waals surface area contributed by atoms with Gasteiger partial charge in [-0.2, -0.15) is 0 Å². The number of rotatable bonds is 3. The molecule has 5 heteroatoms. The number of nitrogens with one attached hydrogen (secondary N) is 2. The van der Waals surface area contributed by atoms with Gasteiger partial charge >= 0.3 is 0 Å². The predicted octanol–water partition coefficient (Wildman–Crippen LogP) is 5.03. The number of anilines is 1. The Labute approximate surface area is 162 Å². The van der Waals surface area contributed by atoms with Crippen molar-refractivity contribution in [2.45, 2.75) is 44.1 Å². The van der Waals surface area contributed by atoms with Crippen molar-refractivity contribution in [1.29, 1.82) is 0 Å². The third-order valence-corrected chi connectivity index (χ3v) is 7.96. The highest BCUT2D eigenvalue weighted by Crippen LogP contribution is 2.56. The Bertz CT molecular complexity index is 1030. The van der Waals surface area contributed by atoms with Crippen molar-refractivity contribution in [3.05, 3.63) is 46.8 Å². The molecule has 0 atom stereocenters. The second kappa shape index (κ2) is 5.68. The third-order valence-electron chi connectivity index (χ3n) is 6.88. The Hall–Kier alpha value is -2.14. The Balaban J connectivity index is 1.36. The van der Waals surface area contributed by atoms with Crippen LogP contribution in [0.1, 0.15) is 38.5 Å². The lowest BCUT2D eigenvalue weighted by molar-refractivity contribution is 0.0104. The monoisotopic (exact) mass is 377 g/mol. The van der Waals surface area contributed by atoms with Gasteiger partial charge in [0.1, 0.15) is 4.83 Å². The van der Waals surface area contributed by atoms with Gasteiger partial charge in [0.05, 0.1) is 5.39 Å². The zero-order valence-corrected chi connectivity index (χ0v) is 16.0. The Morgan fingerprint density at radius 1 is 1.04 bits per heavy atom. The highest BCUT2D eigenvalue weighted by Gasteiger charge is 2.51. The maximum absolute atomic E-state index is 12.7. The summed E-state index contributed by atoms with van der Waals surface area (Å²) in [5.74, 6) is 3.26. The summed E-state index contributed by atoms with van der Waals surface area (Å²) >= 11 is 1.60. The van der Waals surface area contributed by atoms with Crippen LogP contribution < -0.4 is 10.9 Å². The minimum absolute atomic E-state index is 0.0364. The molecule has 2 N–H and O–H groups in total. The highest BCUT2D eigenvalue weighted by atomic mass is 32.1. The molecule has 27 heavy (non-hydrogen) atoms. The summed E-state index contributed by atoms with van der Waals surface area (Å²) in [6.45, 7) is 0. The summed E-state index contributed by atoms with van der Waals surface area (Å²) in [6, 6.07) is 12.2. The molecular weight excluding hydrogens is 354 g/mol. The summed E-state index contributed by atoms with van der Waals surface area (Å²) in [7, 11) is 0. The summed E-state index contributed by atoms with van der Waals surface area (Å²) in [6.07, 6.45) is 7.95. The molecule has 0 amide bonds. The van der Waals surface area contributed by atoms with Gasteiger partial charge in [0.2, 0.25) is 5.95 Å². The molecule has 4 aliphatic rings. The van der Waals surface area contributed by atoms with Crippen LogP contribution in [0.5, 0.6) is 0 Å². The molecule has 0 saturated heterocycles. The van der Waals surface area contributed by atoms with Crippen molar-refractivity contribution in [2.75, 3.05) is 5.32 Å². The zero-order chi connectivity index (χ0) is 18.0. The first kappa shape index (κ1) is 15.9. The molecular formula is C22H23N3OS. The van der Waals surface area contributed by atoms with Crippen LogP contribution in [-0.2, 0) is 0 Å². The van der Waals surface area contributed by atoms with Crippen LogP contribution in [0.4, 0.5) is 5.95 Å². The van der Waals surface area contributed by atoms with Crippen molar-refractivity contribution >= 4 is 27.5 Å². The normalized spacial score (nSPS) is 31.5. The van der Waals surface area contributed by atoms with Crippen molar-refractivity contribution in [2.24, 2.45) is 17.8 Å². The Morgan fingerprint density at radius 2 is 1.70 bits per heavy atom. The molecule has 0 aliphatic heterocycles. The van der Waals surface area contributed by atoms with Gasteiger partial charge in [0.15, 0.2) is 0 Å². The standard InChI is InChI=1S/C22H23N3OS/c26-19-17-9-18(16-4-2-1-3-5-16)27-20(17)24-21(23-19)25-22-10-13-6-14(11-22)8-15(7-13)12-22/h1-5,9,13-15H,6-8,10-12H2,(H2,23,24,25,26). The number of aromatic amines is 1. The van der Waals surface area contributed by atoms with Gasteiger partial charge in [-0.15, -0.1) is 11.3 Å². The molecule has 4 fully saturated rings. The van der Waals surface area contributed by atoms with Gasteiger partial charge < -0.3 is 5.32 Å². The number of thiophene rings is 1. The topological polar surface area (TPSA) is 57.8 Å². The van der Waals surface area contributed by atoms with Crippen LogP contribution in [0.3, 0.4) is 0 Å². The molecule has 4 saturated carbocycles. The average Bonchev–Trinajstić information content (AvgIpc) is 3.05. The average molecular weight is 378 g/mol. The van der Waals surface area contributed by atoms with Crippen LogP contribution in [0, 0.1) is 17.8 Å². The second-order valence-corrected chi connectivity index (χ2v) is 9.96. The molecule has 0 spiro atoms. The molecule has 2 heterocycles. The maximum atomic E-state index is 12.7. The van der Waals surface area contributed by atoms with Gasteiger partial charge in [0, 0.05) is 10.4 Å². The van der Waals surface area contributed by atoms with Gasteiger partial charge in [-0.1, -0.05) is 30.3 Å². The second-order valence-electron chi connectivity index (χ2n) is 8.93.